The number of esters is 1. The fraction of sp³-hybridized carbons (Fsp3) is 0.500. The molecule has 1 aromatic carbocycles. The van der Waals surface area contributed by atoms with Gasteiger partial charge in [-0.3, -0.25) is 0 Å². The predicted molar refractivity (Wildman–Crippen MR) is 75.5 cm³/mol. The van der Waals surface area contributed by atoms with Gasteiger partial charge in [-0.05, 0) is 25.2 Å². The molecule has 19 heavy (non-hydrogen) atoms. The molecule has 0 saturated carbocycles. The van der Waals surface area contributed by atoms with Crippen LogP contribution in [0.15, 0.2) is 18.2 Å². The summed E-state index contributed by atoms with van der Waals surface area (Å²) in [5.41, 5.74) is 6.51. The van der Waals surface area contributed by atoms with E-state index in [1.165, 1.54) is 7.11 Å². The van der Waals surface area contributed by atoms with Crippen molar-refractivity contribution in [3.8, 4) is 5.75 Å². The minimum atomic E-state index is -0.413. The van der Waals surface area contributed by atoms with E-state index >= 15 is 0 Å². The van der Waals surface area contributed by atoms with E-state index in [0.717, 1.165) is 19.6 Å². The second-order valence-electron chi connectivity index (χ2n) is 4.08. The number of nitrogens with two attached hydrogens (primary N) is 1. The lowest BCUT2D eigenvalue weighted by molar-refractivity contribution is 0.0467. The van der Waals surface area contributed by atoms with Crippen LogP contribution in [0.3, 0.4) is 0 Å². The number of likely N-dealkylation sites (N-methyl/N-ethyl adjacent to an activating group) is 1. The molecule has 0 amide bonds. The van der Waals surface area contributed by atoms with E-state index in [2.05, 4.69) is 18.7 Å². The largest absolute Gasteiger partial charge is 0.495 e. The molecule has 0 aliphatic carbocycles. The van der Waals surface area contributed by atoms with Crippen LogP contribution in [-0.4, -0.2) is 44.2 Å². The Morgan fingerprint density at radius 1 is 1.32 bits per heavy atom. The van der Waals surface area contributed by atoms with Gasteiger partial charge >= 0.3 is 5.97 Å². The molecule has 0 heterocycles. The molecule has 0 atom stereocenters. The summed E-state index contributed by atoms with van der Waals surface area (Å²) >= 11 is 0. The van der Waals surface area contributed by atoms with Crippen molar-refractivity contribution in [2.75, 3.05) is 39.1 Å². The highest BCUT2D eigenvalue weighted by molar-refractivity contribution is 5.96. The summed E-state index contributed by atoms with van der Waals surface area (Å²) in [5, 5.41) is 0. The number of anilines is 1. The maximum absolute atomic E-state index is 11.9. The van der Waals surface area contributed by atoms with Crippen molar-refractivity contribution in [2.45, 2.75) is 13.8 Å². The first-order valence-corrected chi connectivity index (χ1v) is 6.45. The van der Waals surface area contributed by atoms with Crippen molar-refractivity contribution in [2.24, 2.45) is 0 Å². The zero-order valence-electron chi connectivity index (χ0n) is 11.8. The number of ether oxygens (including phenoxy) is 2. The topological polar surface area (TPSA) is 64.8 Å². The standard InChI is InChI=1S/C14H22N2O3/c1-4-16(5-2)9-10-19-14(17)11-7-6-8-12(18-3)13(11)15/h6-8H,4-5,9-10,15H2,1-3H3. The van der Waals surface area contributed by atoms with Crippen LogP contribution in [0.2, 0.25) is 0 Å². The smallest absolute Gasteiger partial charge is 0.340 e. The highest BCUT2D eigenvalue weighted by Gasteiger charge is 2.14. The van der Waals surface area contributed by atoms with E-state index in [0.29, 0.717) is 23.6 Å². The molecule has 1 aromatic rings. The average Bonchev–Trinajstić information content (AvgIpc) is 2.43. The van der Waals surface area contributed by atoms with E-state index in [4.69, 9.17) is 15.2 Å². The maximum Gasteiger partial charge on any atom is 0.340 e. The van der Waals surface area contributed by atoms with E-state index < -0.39 is 5.97 Å². The molecule has 0 unspecified atom stereocenters. The van der Waals surface area contributed by atoms with Gasteiger partial charge in [-0.15, -0.1) is 0 Å². The van der Waals surface area contributed by atoms with Crippen molar-refractivity contribution in [1.82, 2.24) is 4.90 Å². The van der Waals surface area contributed by atoms with Crippen molar-refractivity contribution in [3.05, 3.63) is 23.8 Å². The number of hydrogen-bond acceptors (Lipinski definition) is 5. The van der Waals surface area contributed by atoms with Crippen LogP contribution < -0.4 is 10.5 Å². The molecule has 5 heteroatoms. The van der Waals surface area contributed by atoms with E-state index in [1.54, 1.807) is 18.2 Å². The Labute approximate surface area is 114 Å². The molecule has 5 nitrogen and oxygen atoms in total. The van der Waals surface area contributed by atoms with Crippen LogP contribution in [0.1, 0.15) is 24.2 Å². The molecule has 106 valence electrons. The van der Waals surface area contributed by atoms with Crippen LogP contribution in [0, 0.1) is 0 Å². The fourth-order valence-electron chi connectivity index (χ4n) is 1.79. The van der Waals surface area contributed by atoms with E-state index in [-0.39, 0.29) is 0 Å². The minimum Gasteiger partial charge on any atom is -0.495 e. The first-order chi connectivity index (χ1) is 9.13. The highest BCUT2D eigenvalue weighted by atomic mass is 16.5. The van der Waals surface area contributed by atoms with Gasteiger partial charge in [-0.1, -0.05) is 19.9 Å². The third kappa shape index (κ3) is 4.13. The Hall–Kier alpha value is -1.75. The number of nitrogen functional groups attached to an aromatic ring is 1. The Balaban J connectivity index is 2.59. The molecule has 0 aliphatic heterocycles. The number of nitrogens with zero attached hydrogens (tertiary/aromatic N) is 1. The summed E-state index contributed by atoms with van der Waals surface area (Å²) < 4.78 is 10.3. The van der Waals surface area contributed by atoms with Crippen LogP contribution in [0.4, 0.5) is 5.69 Å². The zero-order chi connectivity index (χ0) is 14.3. The number of rotatable bonds is 7. The summed E-state index contributed by atoms with van der Waals surface area (Å²) in [6.45, 7) is 7.11. The quantitative estimate of drug-likeness (QED) is 0.602. The number of para-hydroxylation sites is 1. The van der Waals surface area contributed by atoms with Crippen LogP contribution in [0.25, 0.3) is 0 Å². The van der Waals surface area contributed by atoms with Crippen molar-refractivity contribution >= 4 is 11.7 Å². The van der Waals surface area contributed by atoms with Gasteiger partial charge in [0, 0.05) is 6.54 Å². The molecular formula is C14H22N2O3. The zero-order valence-corrected chi connectivity index (χ0v) is 11.8. The van der Waals surface area contributed by atoms with Crippen molar-refractivity contribution < 1.29 is 14.3 Å². The second kappa shape index (κ2) is 7.63. The van der Waals surface area contributed by atoms with Crippen LogP contribution in [0.5, 0.6) is 5.75 Å². The normalized spacial score (nSPS) is 10.5. The summed E-state index contributed by atoms with van der Waals surface area (Å²) in [5.74, 6) is 0.0711. The van der Waals surface area contributed by atoms with Crippen LogP contribution in [-0.2, 0) is 4.74 Å². The van der Waals surface area contributed by atoms with E-state index in [9.17, 15) is 4.79 Å². The Kier molecular flexibility index (Phi) is 6.15. The molecule has 0 saturated heterocycles. The molecule has 0 radical (unpaired) electrons. The lowest BCUT2D eigenvalue weighted by Gasteiger charge is -2.17. The Morgan fingerprint density at radius 2 is 2.00 bits per heavy atom. The minimum absolute atomic E-state index is 0.317. The van der Waals surface area contributed by atoms with Gasteiger partial charge < -0.3 is 20.1 Å². The molecule has 1 rings (SSSR count). The third-order valence-corrected chi connectivity index (χ3v) is 3.04. The number of methoxy groups -OCH3 is 1. The first-order valence-electron chi connectivity index (χ1n) is 6.45. The number of benzene rings is 1. The number of carbonyl (C=O) groups is 1. The number of carbonyl (C=O) groups excluding carboxylic acids is 1. The Bertz CT molecular complexity index is 417. The van der Waals surface area contributed by atoms with Gasteiger partial charge in [0.05, 0.1) is 18.4 Å². The van der Waals surface area contributed by atoms with Gasteiger partial charge in [0.25, 0.3) is 0 Å². The second-order valence-corrected chi connectivity index (χ2v) is 4.08. The molecular weight excluding hydrogens is 244 g/mol. The lowest BCUT2D eigenvalue weighted by Crippen LogP contribution is -2.28. The molecule has 0 spiro atoms. The van der Waals surface area contributed by atoms with Gasteiger partial charge in [-0.25, -0.2) is 4.79 Å². The summed E-state index contributed by atoms with van der Waals surface area (Å²) in [6.07, 6.45) is 0. The summed E-state index contributed by atoms with van der Waals surface area (Å²) in [4.78, 5) is 14.1. The molecule has 0 bridgehead atoms. The van der Waals surface area contributed by atoms with Gasteiger partial charge in [-0.2, -0.15) is 0 Å². The van der Waals surface area contributed by atoms with Gasteiger partial charge in [0.1, 0.15) is 12.4 Å². The van der Waals surface area contributed by atoms with Gasteiger partial charge in [0.15, 0.2) is 0 Å². The molecule has 0 fully saturated rings. The molecule has 0 aliphatic rings. The third-order valence-electron chi connectivity index (χ3n) is 3.04. The van der Waals surface area contributed by atoms with E-state index in [1.807, 2.05) is 0 Å². The number of hydrogen-bond donors (Lipinski definition) is 1. The fourth-order valence-corrected chi connectivity index (χ4v) is 1.79. The molecule has 2 N–H and O–H groups in total. The Morgan fingerprint density at radius 3 is 2.58 bits per heavy atom. The monoisotopic (exact) mass is 266 g/mol. The highest BCUT2D eigenvalue weighted by Crippen LogP contribution is 2.25. The SMILES string of the molecule is CCN(CC)CCOC(=O)c1cccc(OC)c1N. The first kappa shape index (κ1) is 15.3. The summed E-state index contributed by atoms with van der Waals surface area (Å²) in [6, 6.07) is 5.07. The van der Waals surface area contributed by atoms with Crippen molar-refractivity contribution in [1.29, 1.82) is 0 Å². The predicted octanol–water partition coefficient (Wildman–Crippen LogP) is 1.78. The average molecular weight is 266 g/mol. The van der Waals surface area contributed by atoms with Gasteiger partial charge in [0.2, 0.25) is 0 Å². The maximum atomic E-state index is 11.9. The molecule has 0 aromatic heterocycles. The van der Waals surface area contributed by atoms with Crippen LogP contribution >= 0.6 is 0 Å². The lowest BCUT2D eigenvalue weighted by atomic mass is 10.1. The summed E-state index contributed by atoms with van der Waals surface area (Å²) in [7, 11) is 1.52. The van der Waals surface area contributed by atoms with Crippen molar-refractivity contribution in [3.63, 3.8) is 0 Å².